The van der Waals surface area contributed by atoms with Crippen LogP contribution in [0.3, 0.4) is 0 Å². The lowest BCUT2D eigenvalue weighted by Gasteiger charge is -2.42. The number of carbonyl (C=O) groups is 1. The van der Waals surface area contributed by atoms with E-state index < -0.39 is 0 Å². The zero-order valence-corrected chi connectivity index (χ0v) is 14.7. The topological polar surface area (TPSA) is 70.8 Å². The Morgan fingerprint density at radius 1 is 1.33 bits per heavy atom. The molecule has 1 amide bonds. The number of aryl methyl sites for hydroxylation is 1. The van der Waals surface area contributed by atoms with Gasteiger partial charge in [-0.2, -0.15) is 0 Å². The van der Waals surface area contributed by atoms with E-state index in [1.54, 1.807) is 7.11 Å². The number of piperazine rings is 1. The molecule has 0 bridgehead atoms. The number of ether oxygens (including phenoxy) is 1. The summed E-state index contributed by atoms with van der Waals surface area (Å²) in [7, 11) is 1.69. The van der Waals surface area contributed by atoms with Crippen molar-refractivity contribution in [1.29, 1.82) is 0 Å². The van der Waals surface area contributed by atoms with Crippen LogP contribution in [0.1, 0.15) is 24.3 Å². The van der Waals surface area contributed by atoms with Crippen LogP contribution in [0, 0.1) is 12.3 Å². The highest BCUT2D eigenvalue weighted by atomic mass is 16.5. The monoisotopic (exact) mass is 336 g/mol. The maximum absolute atomic E-state index is 13.1. The molecule has 1 aromatic heterocycles. The first kappa shape index (κ1) is 17.4. The van der Waals surface area contributed by atoms with Gasteiger partial charge in [0.2, 0.25) is 5.91 Å². The minimum absolute atomic E-state index is 0.266. The van der Waals surface area contributed by atoms with Gasteiger partial charge in [0.1, 0.15) is 5.76 Å². The van der Waals surface area contributed by atoms with E-state index in [0.717, 1.165) is 70.1 Å². The summed E-state index contributed by atoms with van der Waals surface area (Å²) in [5.41, 5.74) is 0.618. The van der Waals surface area contributed by atoms with E-state index >= 15 is 0 Å². The molecule has 0 saturated carbocycles. The maximum Gasteiger partial charge on any atom is 0.231 e. The number of piperidine rings is 1. The van der Waals surface area contributed by atoms with Crippen LogP contribution >= 0.6 is 0 Å². The summed E-state index contributed by atoms with van der Waals surface area (Å²) < 4.78 is 10.5. The van der Waals surface area contributed by atoms with Gasteiger partial charge in [-0.25, -0.2) is 0 Å². The van der Waals surface area contributed by atoms with Gasteiger partial charge in [-0.15, -0.1) is 0 Å². The average Bonchev–Trinajstić information content (AvgIpc) is 3.01. The van der Waals surface area contributed by atoms with Crippen LogP contribution in [0.4, 0.5) is 0 Å². The molecule has 0 unspecified atom stereocenters. The summed E-state index contributed by atoms with van der Waals surface area (Å²) in [6.45, 7) is 8.28. The van der Waals surface area contributed by atoms with Gasteiger partial charge < -0.3 is 19.5 Å². The fraction of sp³-hybridized carbons (Fsp3) is 0.765. The van der Waals surface area contributed by atoms with E-state index in [0.29, 0.717) is 6.61 Å². The van der Waals surface area contributed by atoms with Gasteiger partial charge in [-0.3, -0.25) is 9.69 Å². The van der Waals surface area contributed by atoms with Crippen molar-refractivity contribution in [1.82, 2.24) is 20.3 Å². The van der Waals surface area contributed by atoms with Gasteiger partial charge in [0.05, 0.1) is 17.7 Å². The number of nitrogens with zero attached hydrogens (tertiary/aromatic N) is 3. The van der Waals surface area contributed by atoms with Gasteiger partial charge in [-0.1, -0.05) is 5.16 Å². The normalized spacial score (nSPS) is 21.8. The number of hydrogen-bond acceptors (Lipinski definition) is 6. The Morgan fingerprint density at radius 2 is 2.04 bits per heavy atom. The molecule has 0 aliphatic carbocycles. The Hall–Kier alpha value is -1.44. The predicted molar refractivity (Wildman–Crippen MR) is 89.5 cm³/mol. The number of nitrogens with one attached hydrogen (secondary N) is 1. The lowest BCUT2D eigenvalue weighted by molar-refractivity contribution is -0.149. The number of hydrogen-bond donors (Lipinski definition) is 1. The van der Waals surface area contributed by atoms with E-state index in [-0.39, 0.29) is 11.3 Å². The summed E-state index contributed by atoms with van der Waals surface area (Å²) in [6, 6.07) is 1.97. The third-order valence-corrected chi connectivity index (χ3v) is 5.16. The summed E-state index contributed by atoms with van der Waals surface area (Å²) in [4.78, 5) is 17.5. The molecule has 0 atom stereocenters. The van der Waals surface area contributed by atoms with Crippen LogP contribution in [0.5, 0.6) is 0 Å². The van der Waals surface area contributed by atoms with Gasteiger partial charge >= 0.3 is 0 Å². The zero-order chi connectivity index (χ0) is 17.0. The van der Waals surface area contributed by atoms with Crippen LogP contribution in [-0.4, -0.2) is 73.8 Å². The minimum atomic E-state index is -0.342. The zero-order valence-electron chi connectivity index (χ0n) is 14.7. The van der Waals surface area contributed by atoms with Gasteiger partial charge in [0.25, 0.3) is 0 Å². The van der Waals surface area contributed by atoms with Crippen LogP contribution in [-0.2, 0) is 16.1 Å². The molecule has 0 aromatic carbocycles. The Balaban J connectivity index is 1.55. The summed E-state index contributed by atoms with van der Waals surface area (Å²) >= 11 is 0. The fourth-order valence-corrected chi connectivity index (χ4v) is 3.77. The Morgan fingerprint density at radius 3 is 2.62 bits per heavy atom. The number of methoxy groups -OCH3 is 1. The molecular weight excluding hydrogens is 308 g/mol. The summed E-state index contributed by atoms with van der Waals surface area (Å²) in [5.74, 6) is 1.11. The van der Waals surface area contributed by atoms with Crippen LogP contribution in [0.2, 0.25) is 0 Å². The molecule has 7 nitrogen and oxygen atoms in total. The second-order valence-electron chi connectivity index (χ2n) is 6.96. The molecule has 2 fully saturated rings. The molecule has 7 heteroatoms. The SMILES string of the molecule is COCC1(C(=O)N2CCN(Cc3cc(C)on3)CC2)CCNCC1. The molecule has 2 aliphatic rings. The predicted octanol–water partition coefficient (Wildman–Crippen LogP) is 0.643. The summed E-state index contributed by atoms with van der Waals surface area (Å²) in [6.07, 6.45) is 1.72. The molecule has 2 aliphatic heterocycles. The van der Waals surface area contributed by atoms with Crippen molar-refractivity contribution in [2.45, 2.75) is 26.3 Å². The molecule has 0 spiro atoms. The largest absolute Gasteiger partial charge is 0.384 e. The number of rotatable bonds is 5. The van der Waals surface area contributed by atoms with E-state index in [9.17, 15) is 4.79 Å². The van der Waals surface area contributed by atoms with E-state index in [2.05, 4.69) is 15.4 Å². The highest BCUT2D eigenvalue weighted by molar-refractivity contribution is 5.83. The van der Waals surface area contributed by atoms with E-state index in [1.807, 2.05) is 17.9 Å². The Labute approximate surface area is 143 Å². The Kier molecular flexibility index (Phi) is 5.53. The minimum Gasteiger partial charge on any atom is -0.384 e. The standard InChI is InChI=1S/C17H28N4O3/c1-14-11-15(19-24-14)12-20-7-9-21(10-8-20)16(22)17(13-23-2)3-5-18-6-4-17/h11,18H,3-10,12-13H2,1-2H3. The van der Waals surface area contributed by atoms with Crippen molar-refractivity contribution in [3.05, 3.63) is 17.5 Å². The fourth-order valence-electron chi connectivity index (χ4n) is 3.77. The van der Waals surface area contributed by atoms with Crippen LogP contribution in [0.15, 0.2) is 10.6 Å². The molecule has 24 heavy (non-hydrogen) atoms. The third kappa shape index (κ3) is 3.79. The number of carbonyl (C=O) groups excluding carboxylic acids is 1. The average molecular weight is 336 g/mol. The molecule has 2 saturated heterocycles. The molecule has 1 aromatic rings. The van der Waals surface area contributed by atoms with Gasteiger partial charge in [0.15, 0.2) is 0 Å². The van der Waals surface area contributed by atoms with Gasteiger partial charge in [0, 0.05) is 45.9 Å². The second kappa shape index (κ2) is 7.63. The quantitative estimate of drug-likeness (QED) is 0.851. The third-order valence-electron chi connectivity index (χ3n) is 5.16. The first-order chi connectivity index (χ1) is 11.6. The van der Waals surface area contributed by atoms with Crippen molar-refractivity contribution in [2.24, 2.45) is 5.41 Å². The van der Waals surface area contributed by atoms with Crippen molar-refractivity contribution in [3.63, 3.8) is 0 Å². The van der Waals surface area contributed by atoms with Crippen LogP contribution in [0.25, 0.3) is 0 Å². The van der Waals surface area contributed by atoms with Gasteiger partial charge in [-0.05, 0) is 32.9 Å². The molecule has 0 radical (unpaired) electrons. The lowest BCUT2D eigenvalue weighted by atomic mass is 9.78. The molecule has 3 heterocycles. The molecule has 1 N–H and O–H groups in total. The number of amides is 1. The van der Waals surface area contributed by atoms with Crippen molar-refractivity contribution in [3.8, 4) is 0 Å². The molecule has 134 valence electrons. The molecular formula is C17H28N4O3. The second-order valence-corrected chi connectivity index (χ2v) is 6.96. The lowest BCUT2D eigenvalue weighted by Crippen LogP contribution is -2.56. The smallest absolute Gasteiger partial charge is 0.231 e. The number of aromatic nitrogens is 1. The summed E-state index contributed by atoms with van der Waals surface area (Å²) in [5, 5.41) is 7.39. The Bertz CT molecular complexity index is 540. The maximum atomic E-state index is 13.1. The van der Waals surface area contributed by atoms with E-state index in [4.69, 9.17) is 9.26 Å². The first-order valence-electron chi connectivity index (χ1n) is 8.76. The van der Waals surface area contributed by atoms with Crippen molar-refractivity contribution < 1.29 is 14.1 Å². The van der Waals surface area contributed by atoms with Crippen LogP contribution < -0.4 is 5.32 Å². The van der Waals surface area contributed by atoms with Crippen molar-refractivity contribution in [2.75, 3.05) is 53.0 Å². The van der Waals surface area contributed by atoms with Crippen molar-refractivity contribution >= 4 is 5.91 Å². The highest BCUT2D eigenvalue weighted by Gasteiger charge is 2.42. The highest BCUT2D eigenvalue weighted by Crippen LogP contribution is 2.32. The molecule has 3 rings (SSSR count). The first-order valence-corrected chi connectivity index (χ1v) is 8.76. The van der Waals surface area contributed by atoms with E-state index in [1.165, 1.54) is 0 Å².